The summed E-state index contributed by atoms with van der Waals surface area (Å²) in [6.45, 7) is 1.73. The molecule has 2 rings (SSSR count). The first kappa shape index (κ1) is 14.6. The summed E-state index contributed by atoms with van der Waals surface area (Å²) in [4.78, 5) is 21.4. The summed E-state index contributed by atoms with van der Waals surface area (Å²) in [5, 5.41) is 23.1. The quantitative estimate of drug-likeness (QED) is 0.657. The van der Waals surface area contributed by atoms with Crippen LogP contribution < -0.4 is 5.32 Å². The van der Waals surface area contributed by atoms with Crippen molar-refractivity contribution in [2.45, 2.75) is 32.2 Å². The number of nitrogens with one attached hydrogen (secondary N) is 1. The third-order valence-corrected chi connectivity index (χ3v) is 3.97. The molecular formula is C13H15ClN2O4. The van der Waals surface area contributed by atoms with Crippen LogP contribution >= 0.6 is 11.6 Å². The number of nitro groups is 1. The van der Waals surface area contributed by atoms with E-state index < -0.39 is 16.8 Å². The Morgan fingerprint density at radius 2 is 2.20 bits per heavy atom. The fourth-order valence-corrected chi connectivity index (χ4v) is 2.82. The van der Waals surface area contributed by atoms with Gasteiger partial charge in [0.15, 0.2) is 0 Å². The van der Waals surface area contributed by atoms with Gasteiger partial charge in [0.2, 0.25) is 0 Å². The summed E-state index contributed by atoms with van der Waals surface area (Å²) in [7, 11) is 0. The van der Waals surface area contributed by atoms with Crippen LogP contribution in [-0.2, 0) is 4.79 Å². The van der Waals surface area contributed by atoms with Crippen LogP contribution in [0, 0.1) is 23.0 Å². The van der Waals surface area contributed by atoms with Crippen molar-refractivity contribution in [3.8, 4) is 0 Å². The van der Waals surface area contributed by atoms with E-state index in [2.05, 4.69) is 5.32 Å². The first-order valence-electron chi connectivity index (χ1n) is 6.34. The van der Waals surface area contributed by atoms with Gasteiger partial charge < -0.3 is 10.4 Å². The number of halogens is 1. The fraction of sp³-hybridized carbons (Fsp3) is 0.462. The van der Waals surface area contributed by atoms with E-state index >= 15 is 0 Å². The molecule has 0 spiro atoms. The molecule has 1 saturated carbocycles. The number of aliphatic carboxylic acids is 1. The smallest absolute Gasteiger partial charge is 0.308 e. The SMILES string of the molecule is Cc1cc([N+](=O)[O-])c(Cl)cc1NC1CCCC1C(=O)O. The van der Waals surface area contributed by atoms with Crippen molar-refractivity contribution in [3.63, 3.8) is 0 Å². The number of nitrogens with zero attached hydrogens (tertiary/aromatic N) is 1. The lowest BCUT2D eigenvalue weighted by Gasteiger charge is -2.20. The van der Waals surface area contributed by atoms with Crippen molar-refractivity contribution in [2.75, 3.05) is 5.32 Å². The molecule has 1 aliphatic rings. The highest BCUT2D eigenvalue weighted by atomic mass is 35.5. The number of aryl methyl sites for hydroxylation is 1. The average Bonchev–Trinajstić information content (AvgIpc) is 2.81. The molecule has 0 amide bonds. The highest BCUT2D eigenvalue weighted by Gasteiger charge is 2.33. The molecule has 108 valence electrons. The Morgan fingerprint density at radius 1 is 1.50 bits per heavy atom. The number of anilines is 1. The second-order valence-electron chi connectivity index (χ2n) is 5.00. The third kappa shape index (κ3) is 2.85. The van der Waals surface area contributed by atoms with Crippen LogP contribution in [0.15, 0.2) is 12.1 Å². The molecule has 2 unspecified atom stereocenters. The van der Waals surface area contributed by atoms with Gasteiger partial charge in [0.25, 0.3) is 5.69 Å². The van der Waals surface area contributed by atoms with Gasteiger partial charge in [-0.05, 0) is 31.4 Å². The lowest BCUT2D eigenvalue weighted by atomic mass is 10.0. The van der Waals surface area contributed by atoms with Gasteiger partial charge in [0.05, 0.1) is 10.8 Å². The van der Waals surface area contributed by atoms with Gasteiger partial charge in [-0.2, -0.15) is 0 Å². The highest BCUT2D eigenvalue weighted by molar-refractivity contribution is 6.33. The van der Waals surface area contributed by atoms with Crippen LogP contribution in [-0.4, -0.2) is 22.0 Å². The molecule has 0 aliphatic heterocycles. The van der Waals surface area contributed by atoms with Crippen LogP contribution in [0.25, 0.3) is 0 Å². The summed E-state index contributed by atoms with van der Waals surface area (Å²) in [5.41, 5.74) is 1.19. The minimum absolute atomic E-state index is 0.0490. The molecule has 7 heteroatoms. The third-order valence-electron chi connectivity index (χ3n) is 3.66. The number of benzene rings is 1. The molecule has 0 heterocycles. The zero-order chi connectivity index (χ0) is 14.9. The number of carbonyl (C=O) groups is 1. The fourth-order valence-electron chi connectivity index (χ4n) is 2.59. The first-order chi connectivity index (χ1) is 9.40. The Morgan fingerprint density at radius 3 is 2.80 bits per heavy atom. The second kappa shape index (κ2) is 5.66. The van der Waals surface area contributed by atoms with E-state index in [1.807, 2.05) is 0 Å². The zero-order valence-corrected chi connectivity index (χ0v) is 11.7. The Hall–Kier alpha value is -1.82. The van der Waals surface area contributed by atoms with Crippen LogP contribution in [0.2, 0.25) is 5.02 Å². The molecule has 0 radical (unpaired) electrons. The number of hydrogen-bond donors (Lipinski definition) is 2. The highest BCUT2D eigenvalue weighted by Crippen LogP contribution is 2.34. The first-order valence-corrected chi connectivity index (χ1v) is 6.72. The molecule has 6 nitrogen and oxygen atoms in total. The average molecular weight is 299 g/mol. The maximum Gasteiger partial charge on any atom is 0.308 e. The lowest BCUT2D eigenvalue weighted by Crippen LogP contribution is -2.30. The van der Waals surface area contributed by atoms with E-state index in [1.165, 1.54) is 12.1 Å². The Balaban J connectivity index is 2.24. The molecule has 1 aliphatic carbocycles. The van der Waals surface area contributed by atoms with E-state index in [1.54, 1.807) is 6.92 Å². The van der Waals surface area contributed by atoms with Crippen molar-refractivity contribution in [1.82, 2.24) is 0 Å². The zero-order valence-electron chi connectivity index (χ0n) is 10.9. The summed E-state index contributed by atoms with van der Waals surface area (Å²) in [5.74, 6) is -1.24. The van der Waals surface area contributed by atoms with Gasteiger partial charge in [-0.25, -0.2) is 0 Å². The summed E-state index contributed by atoms with van der Waals surface area (Å²) < 4.78 is 0. The number of rotatable bonds is 4. The van der Waals surface area contributed by atoms with Gasteiger partial charge in [-0.3, -0.25) is 14.9 Å². The maximum atomic E-state index is 11.1. The van der Waals surface area contributed by atoms with Gasteiger partial charge in [0.1, 0.15) is 5.02 Å². The molecule has 1 aromatic carbocycles. The van der Waals surface area contributed by atoms with Crippen molar-refractivity contribution in [3.05, 3.63) is 32.8 Å². The molecule has 2 atom stereocenters. The monoisotopic (exact) mass is 298 g/mol. The summed E-state index contributed by atoms with van der Waals surface area (Å²) in [6, 6.07) is 2.73. The molecule has 1 aromatic rings. The molecule has 1 fully saturated rings. The Bertz CT molecular complexity index is 562. The molecule has 0 aromatic heterocycles. The van der Waals surface area contributed by atoms with E-state index in [-0.39, 0.29) is 16.8 Å². The van der Waals surface area contributed by atoms with Crippen molar-refractivity contribution in [2.24, 2.45) is 5.92 Å². The van der Waals surface area contributed by atoms with Crippen LogP contribution in [0.1, 0.15) is 24.8 Å². The van der Waals surface area contributed by atoms with E-state index in [4.69, 9.17) is 16.7 Å². The molecular weight excluding hydrogens is 284 g/mol. The molecule has 0 bridgehead atoms. The summed E-state index contributed by atoms with van der Waals surface area (Å²) >= 11 is 5.88. The summed E-state index contributed by atoms with van der Waals surface area (Å²) in [6.07, 6.45) is 2.27. The van der Waals surface area contributed by atoms with Gasteiger partial charge in [-0.15, -0.1) is 0 Å². The minimum Gasteiger partial charge on any atom is -0.481 e. The Labute approximate surface area is 120 Å². The molecule has 20 heavy (non-hydrogen) atoms. The van der Waals surface area contributed by atoms with Gasteiger partial charge >= 0.3 is 5.97 Å². The van der Waals surface area contributed by atoms with E-state index in [9.17, 15) is 14.9 Å². The van der Waals surface area contributed by atoms with Gasteiger partial charge in [-0.1, -0.05) is 18.0 Å². The minimum atomic E-state index is -0.814. The predicted molar refractivity (Wildman–Crippen MR) is 75.2 cm³/mol. The normalized spacial score (nSPS) is 21.7. The van der Waals surface area contributed by atoms with Crippen LogP contribution in [0.5, 0.6) is 0 Å². The van der Waals surface area contributed by atoms with Crippen molar-refractivity contribution < 1.29 is 14.8 Å². The number of hydrogen-bond acceptors (Lipinski definition) is 4. The van der Waals surface area contributed by atoms with E-state index in [0.29, 0.717) is 17.7 Å². The topological polar surface area (TPSA) is 92.5 Å². The number of nitro benzene ring substituents is 1. The number of carboxylic acids is 1. The predicted octanol–water partition coefficient (Wildman–Crippen LogP) is 3.22. The van der Waals surface area contributed by atoms with Crippen LogP contribution in [0.3, 0.4) is 0 Å². The van der Waals surface area contributed by atoms with E-state index in [0.717, 1.165) is 12.8 Å². The molecule has 0 saturated heterocycles. The van der Waals surface area contributed by atoms with Crippen molar-refractivity contribution >= 4 is 28.9 Å². The molecule has 2 N–H and O–H groups in total. The second-order valence-corrected chi connectivity index (χ2v) is 5.41. The van der Waals surface area contributed by atoms with Crippen LogP contribution in [0.4, 0.5) is 11.4 Å². The maximum absolute atomic E-state index is 11.1. The van der Waals surface area contributed by atoms with Crippen molar-refractivity contribution in [1.29, 1.82) is 0 Å². The van der Waals surface area contributed by atoms with Gasteiger partial charge in [0, 0.05) is 17.8 Å². The number of carboxylic acid groups (broad SMARTS) is 1. The largest absolute Gasteiger partial charge is 0.481 e. The lowest BCUT2D eigenvalue weighted by molar-refractivity contribution is -0.384. The Kier molecular flexibility index (Phi) is 4.13. The standard InChI is InChI=1S/C13H15ClN2O4/c1-7-5-12(16(19)20)9(14)6-11(7)15-10-4-2-3-8(10)13(17)18/h5-6,8,10,15H,2-4H2,1H3,(H,17,18).